The molecule has 3 aromatic rings. The van der Waals surface area contributed by atoms with Gasteiger partial charge in [0.15, 0.2) is 6.61 Å². The van der Waals surface area contributed by atoms with Crippen LogP contribution in [-0.4, -0.2) is 31.6 Å². The highest BCUT2D eigenvalue weighted by atomic mass is 35.5. The van der Waals surface area contributed by atoms with Crippen molar-refractivity contribution in [2.24, 2.45) is 0 Å². The summed E-state index contributed by atoms with van der Waals surface area (Å²) in [5.74, 6) is 0.932. The first-order valence-corrected chi connectivity index (χ1v) is 11.4. The molecule has 1 N–H and O–H groups in total. The molecule has 6 nitrogen and oxygen atoms in total. The Bertz CT molecular complexity index is 1190. The highest BCUT2D eigenvalue weighted by Gasteiger charge is 2.25. The molecule has 0 fully saturated rings. The second-order valence-electron chi connectivity index (χ2n) is 7.91. The van der Waals surface area contributed by atoms with E-state index in [0.717, 1.165) is 16.9 Å². The van der Waals surface area contributed by atoms with Crippen molar-refractivity contribution in [2.75, 3.05) is 30.0 Å². The average Bonchev–Trinajstić information content (AvgIpc) is 2.83. The van der Waals surface area contributed by atoms with Gasteiger partial charge in [-0.2, -0.15) is 0 Å². The van der Waals surface area contributed by atoms with E-state index in [1.165, 1.54) is 6.08 Å². The Balaban J connectivity index is 1.37. The van der Waals surface area contributed by atoms with E-state index in [1.807, 2.05) is 31.2 Å². The van der Waals surface area contributed by atoms with Gasteiger partial charge in [0.1, 0.15) is 11.5 Å². The third-order valence-corrected chi connectivity index (χ3v) is 5.53. The Morgan fingerprint density at radius 2 is 1.88 bits per heavy atom. The number of anilines is 2. The Hall–Kier alpha value is -3.77. The largest absolute Gasteiger partial charge is 0.494 e. The van der Waals surface area contributed by atoms with E-state index >= 15 is 0 Å². The van der Waals surface area contributed by atoms with Gasteiger partial charge in [0.25, 0.3) is 5.91 Å². The first-order chi connectivity index (χ1) is 16.5. The van der Waals surface area contributed by atoms with Crippen molar-refractivity contribution in [3.63, 3.8) is 0 Å². The predicted octanol–water partition coefficient (Wildman–Crippen LogP) is 5.49. The number of hydrogen-bond acceptors (Lipinski definition) is 4. The number of fused-ring (bicyclic) bond motifs is 1. The van der Waals surface area contributed by atoms with Gasteiger partial charge in [-0.15, -0.1) is 0 Å². The molecule has 0 aliphatic carbocycles. The van der Waals surface area contributed by atoms with Gasteiger partial charge in [0.05, 0.1) is 12.3 Å². The Morgan fingerprint density at radius 1 is 1.12 bits per heavy atom. The van der Waals surface area contributed by atoms with Crippen LogP contribution in [-0.2, 0) is 9.59 Å². The fourth-order valence-electron chi connectivity index (χ4n) is 3.50. The third kappa shape index (κ3) is 6.17. The molecule has 0 saturated carbocycles. The highest BCUT2D eigenvalue weighted by Crippen LogP contribution is 2.34. The van der Waals surface area contributed by atoms with Crippen molar-refractivity contribution < 1.29 is 19.1 Å². The molecule has 4 rings (SSSR count). The Kier molecular flexibility index (Phi) is 7.50. The topological polar surface area (TPSA) is 67.9 Å². The van der Waals surface area contributed by atoms with Gasteiger partial charge in [-0.1, -0.05) is 41.4 Å². The number of carbonyl (C=O) groups excluding carboxylic acids is 2. The van der Waals surface area contributed by atoms with Gasteiger partial charge in [-0.3, -0.25) is 9.59 Å². The van der Waals surface area contributed by atoms with Crippen LogP contribution >= 0.6 is 11.6 Å². The second-order valence-corrected chi connectivity index (χ2v) is 8.34. The van der Waals surface area contributed by atoms with Gasteiger partial charge < -0.3 is 19.7 Å². The van der Waals surface area contributed by atoms with E-state index in [2.05, 4.69) is 5.32 Å². The number of nitrogens with one attached hydrogen (secondary N) is 1. The average molecular weight is 477 g/mol. The van der Waals surface area contributed by atoms with Crippen LogP contribution in [0.25, 0.3) is 6.08 Å². The summed E-state index contributed by atoms with van der Waals surface area (Å²) in [6, 6.07) is 20.3. The maximum atomic E-state index is 12.5. The SMILES string of the molecule is Cc1ccc(/C=C/C(=O)Nc2ccc3c(c2)N(CCCOc2ccc(Cl)cc2)C(=O)CO3)cc1. The van der Waals surface area contributed by atoms with Crippen LogP contribution in [0.4, 0.5) is 11.4 Å². The van der Waals surface area contributed by atoms with Crippen LogP contribution in [0.3, 0.4) is 0 Å². The van der Waals surface area contributed by atoms with Crippen molar-refractivity contribution in [2.45, 2.75) is 13.3 Å². The van der Waals surface area contributed by atoms with E-state index in [0.29, 0.717) is 41.7 Å². The second kappa shape index (κ2) is 10.9. The molecule has 1 aliphatic rings. The summed E-state index contributed by atoms with van der Waals surface area (Å²) in [5.41, 5.74) is 3.31. The van der Waals surface area contributed by atoms with Crippen molar-refractivity contribution in [3.05, 3.63) is 89.0 Å². The summed E-state index contributed by atoms with van der Waals surface area (Å²) in [6.45, 7) is 2.91. The number of aryl methyl sites for hydroxylation is 1. The third-order valence-electron chi connectivity index (χ3n) is 5.28. The fourth-order valence-corrected chi connectivity index (χ4v) is 3.63. The van der Waals surface area contributed by atoms with Crippen LogP contribution < -0.4 is 19.7 Å². The fraction of sp³-hybridized carbons (Fsp3) is 0.185. The van der Waals surface area contributed by atoms with Crippen LogP contribution in [0.2, 0.25) is 5.02 Å². The van der Waals surface area contributed by atoms with Crippen LogP contribution in [0.15, 0.2) is 72.8 Å². The minimum atomic E-state index is -0.258. The van der Waals surface area contributed by atoms with Crippen molar-refractivity contribution in [3.8, 4) is 11.5 Å². The number of ether oxygens (including phenoxy) is 2. The van der Waals surface area contributed by atoms with E-state index in [4.69, 9.17) is 21.1 Å². The number of hydrogen-bond donors (Lipinski definition) is 1. The molecule has 1 aliphatic heterocycles. The lowest BCUT2D eigenvalue weighted by Gasteiger charge is -2.29. The molecule has 1 heterocycles. The molecular formula is C27H25ClN2O4. The van der Waals surface area contributed by atoms with Gasteiger partial charge in [-0.25, -0.2) is 0 Å². The molecule has 0 unspecified atom stereocenters. The molecule has 0 aromatic heterocycles. The number of rotatable bonds is 8. The van der Waals surface area contributed by atoms with Crippen molar-refractivity contribution in [1.29, 1.82) is 0 Å². The minimum Gasteiger partial charge on any atom is -0.494 e. The monoisotopic (exact) mass is 476 g/mol. The van der Waals surface area contributed by atoms with Crippen molar-refractivity contribution in [1.82, 2.24) is 0 Å². The first kappa shape index (κ1) is 23.4. The molecule has 0 spiro atoms. The van der Waals surface area contributed by atoms with E-state index in [9.17, 15) is 9.59 Å². The van der Waals surface area contributed by atoms with E-state index in [1.54, 1.807) is 53.4 Å². The molecule has 0 atom stereocenters. The van der Waals surface area contributed by atoms with E-state index in [-0.39, 0.29) is 18.4 Å². The van der Waals surface area contributed by atoms with Crippen LogP contribution in [0.1, 0.15) is 17.5 Å². The molecule has 7 heteroatoms. The quantitative estimate of drug-likeness (QED) is 0.344. The Morgan fingerprint density at radius 3 is 2.65 bits per heavy atom. The molecule has 3 aromatic carbocycles. The van der Waals surface area contributed by atoms with Gasteiger partial charge in [0.2, 0.25) is 5.91 Å². The molecule has 34 heavy (non-hydrogen) atoms. The summed E-state index contributed by atoms with van der Waals surface area (Å²) >= 11 is 5.89. The molecule has 0 radical (unpaired) electrons. The molecule has 0 bridgehead atoms. The maximum Gasteiger partial charge on any atom is 0.265 e. The molecule has 0 saturated heterocycles. The first-order valence-electron chi connectivity index (χ1n) is 11.0. The zero-order valence-electron chi connectivity index (χ0n) is 18.8. The lowest BCUT2D eigenvalue weighted by atomic mass is 10.1. The number of nitrogens with zero attached hydrogens (tertiary/aromatic N) is 1. The zero-order chi connectivity index (χ0) is 23.9. The smallest absolute Gasteiger partial charge is 0.265 e. The standard InChI is InChI=1S/C27H25ClN2O4/c1-19-3-5-20(6-4-19)7-14-26(31)29-22-10-13-25-24(17-22)30(27(32)18-34-25)15-2-16-33-23-11-8-21(28)9-12-23/h3-14,17H,2,15-16,18H2,1H3,(H,29,31)/b14-7+. The summed E-state index contributed by atoms with van der Waals surface area (Å²) in [4.78, 5) is 26.6. The number of halogens is 1. The number of amides is 2. The number of carbonyl (C=O) groups is 2. The molecule has 174 valence electrons. The van der Waals surface area contributed by atoms with Crippen LogP contribution in [0, 0.1) is 6.92 Å². The normalized spacial score (nSPS) is 12.9. The summed E-state index contributed by atoms with van der Waals surface area (Å²) in [5, 5.41) is 3.50. The molecule has 2 amide bonds. The van der Waals surface area contributed by atoms with Crippen LogP contribution in [0.5, 0.6) is 11.5 Å². The highest BCUT2D eigenvalue weighted by molar-refractivity contribution is 6.30. The predicted molar refractivity (Wildman–Crippen MR) is 135 cm³/mol. The van der Waals surface area contributed by atoms with Gasteiger partial charge in [0, 0.05) is 23.3 Å². The van der Waals surface area contributed by atoms with Gasteiger partial charge in [-0.05, 0) is 67.4 Å². The lowest BCUT2D eigenvalue weighted by molar-refractivity contribution is -0.121. The van der Waals surface area contributed by atoms with Gasteiger partial charge >= 0.3 is 0 Å². The Labute approximate surface area is 203 Å². The molecular weight excluding hydrogens is 452 g/mol. The summed E-state index contributed by atoms with van der Waals surface area (Å²) in [7, 11) is 0. The number of benzene rings is 3. The lowest BCUT2D eigenvalue weighted by Crippen LogP contribution is -2.39. The maximum absolute atomic E-state index is 12.5. The minimum absolute atomic E-state index is 0.0178. The summed E-state index contributed by atoms with van der Waals surface area (Å²) in [6.07, 6.45) is 3.87. The summed E-state index contributed by atoms with van der Waals surface area (Å²) < 4.78 is 11.3. The zero-order valence-corrected chi connectivity index (χ0v) is 19.5. The van der Waals surface area contributed by atoms with Crippen molar-refractivity contribution >= 4 is 40.9 Å². The van der Waals surface area contributed by atoms with E-state index < -0.39 is 0 Å².